The van der Waals surface area contributed by atoms with Crippen molar-refractivity contribution in [2.45, 2.75) is 0 Å². The normalized spacial score (nSPS) is 11.2. The topological polar surface area (TPSA) is 23.8 Å². The summed E-state index contributed by atoms with van der Waals surface area (Å²) in [5.41, 5.74) is 0.465. The predicted octanol–water partition coefficient (Wildman–Crippen LogP) is 3.54. The molecule has 0 aliphatic rings. The number of rotatable bonds is 0. The fourth-order valence-corrected chi connectivity index (χ4v) is 2.58. The summed E-state index contributed by atoms with van der Waals surface area (Å²) < 4.78 is 9.44. The van der Waals surface area contributed by atoms with Gasteiger partial charge in [0, 0.05) is 19.9 Å². The first kappa shape index (κ1) is 6.64. The van der Waals surface area contributed by atoms with Crippen LogP contribution in [0.4, 0.5) is 0 Å². The summed E-state index contributed by atoms with van der Waals surface area (Å²) in [6.45, 7) is 0. The molecule has 0 bridgehead atoms. The number of thiophene rings is 1. The summed E-state index contributed by atoms with van der Waals surface area (Å²) in [5, 5.41) is 10.0. The van der Waals surface area contributed by atoms with Gasteiger partial charge < -0.3 is 0 Å². The van der Waals surface area contributed by atoms with Crippen LogP contribution in [-0.2, 0) is 0 Å². The van der Waals surface area contributed by atoms with Gasteiger partial charge in [0.1, 0.15) is 6.07 Å². The number of nitrogens with zero attached hydrogens (tertiary/aromatic N) is 1. The highest BCUT2D eigenvalue weighted by atomic mass is 79.9. The quantitative estimate of drug-likeness (QED) is 0.689. The van der Waals surface area contributed by atoms with Crippen LogP contribution in [0.2, 0.25) is 0 Å². The molecule has 3 heteroatoms. The van der Waals surface area contributed by atoms with Gasteiger partial charge in [0.2, 0.25) is 0 Å². The van der Waals surface area contributed by atoms with Crippen molar-refractivity contribution in [1.29, 1.82) is 5.26 Å². The SMILES string of the molecule is [2H]c1sc2cccc(Br)c2c1C#N. The number of benzene rings is 1. The summed E-state index contributed by atoms with van der Waals surface area (Å²) in [4.78, 5) is 0. The molecule has 58 valence electrons. The molecule has 0 unspecified atom stereocenters. The van der Waals surface area contributed by atoms with Crippen molar-refractivity contribution < 1.29 is 1.37 Å². The zero-order valence-corrected chi connectivity index (χ0v) is 8.37. The first-order valence-corrected chi connectivity index (χ1v) is 4.92. The number of nitriles is 1. The van der Waals surface area contributed by atoms with Gasteiger partial charge in [-0.1, -0.05) is 22.0 Å². The maximum absolute atomic E-state index is 8.85. The van der Waals surface area contributed by atoms with E-state index in [1.165, 1.54) is 11.3 Å². The third kappa shape index (κ3) is 1.04. The van der Waals surface area contributed by atoms with E-state index in [2.05, 4.69) is 22.0 Å². The maximum Gasteiger partial charge on any atom is 0.101 e. The molecule has 1 aromatic carbocycles. The Kier molecular flexibility index (Phi) is 1.60. The van der Waals surface area contributed by atoms with Crippen molar-refractivity contribution in [2.24, 2.45) is 0 Å². The largest absolute Gasteiger partial charge is 0.192 e. The van der Waals surface area contributed by atoms with Crippen molar-refractivity contribution in [3.63, 3.8) is 0 Å². The van der Waals surface area contributed by atoms with Crippen molar-refractivity contribution in [3.8, 4) is 6.07 Å². The summed E-state index contributed by atoms with van der Waals surface area (Å²) in [5.74, 6) is 0. The van der Waals surface area contributed by atoms with Crippen LogP contribution in [-0.4, -0.2) is 0 Å². The van der Waals surface area contributed by atoms with Crippen LogP contribution in [0.3, 0.4) is 0 Å². The highest BCUT2D eigenvalue weighted by Gasteiger charge is 2.05. The van der Waals surface area contributed by atoms with Crippen LogP contribution < -0.4 is 0 Å². The van der Waals surface area contributed by atoms with Crippen LogP contribution >= 0.6 is 27.3 Å². The Bertz CT molecular complexity index is 512. The van der Waals surface area contributed by atoms with E-state index in [-0.39, 0.29) is 0 Å². The second-order valence-electron chi connectivity index (χ2n) is 2.30. The van der Waals surface area contributed by atoms with Gasteiger partial charge in [-0.25, -0.2) is 0 Å². The second kappa shape index (κ2) is 2.89. The van der Waals surface area contributed by atoms with E-state index < -0.39 is 0 Å². The molecule has 1 nitrogen and oxygen atoms in total. The molecule has 1 aromatic heterocycles. The molecule has 0 amide bonds. The van der Waals surface area contributed by atoms with Gasteiger partial charge in [-0.2, -0.15) is 5.26 Å². The lowest BCUT2D eigenvalue weighted by molar-refractivity contribution is 1.51. The monoisotopic (exact) mass is 238 g/mol. The summed E-state index contributed by atoms with van der Waals surface area (Å²) in [6.07, 6.45) is 0. The van der Waals surface area contributed by atoms with E-state index in [1.54, 1.807) is 0 Å². The molecular weight excluding hydrogens is 234 g/mol. The van der Waals surface area contributed by atoms with Crippen molar-refractivity contribution in [2.75, 3.05) is 0 Å². The van der Waals surface area contributed by atoms with Gasteiger partial charge in [0.05, 0.1) is 6.93 Å². The Morgan fingerprint density at radius 3 is 3.17 bits per heavy atom. The van der Waals surface area contributed by atoms with Gasteiger partial charge >= 0.3 is 0 Å². The molecule has 0 spiro atoms. The van der Waals surface area contributed by atoms with Gasteiger partial charge in [-0.05, 0) is 12.1 Å². The van der Waals surface area contributed by atoms with Gasteiger partial charge in [-0.3, -0.25) is 0 Å². The molecule has 0 fully saturated rings. The Balaban J connectivity index is 2.99. The third-order valence-corrected chi connectivity index (χ3v) is 3.13. The Morgan fingerprint density at radius 2 is 2.42 bits per heavy atom. The molecule has 0 saturated carbocycles. The van der Waals surface area contributed by atoms with Crippen LogP contribution in [0.5, 0.6) is 0 Å². The highest BCUT2D eigenvalue weighted by molar-refractivity contribution is 9.10. The van der Waals surface area contributed by atoms with Crippen molar-refractivity contribution in [1.82, 2.24) is 0 Å². The molecule has 12 heavy (non-hydrogen) atoms. The number of hydrogen-bond acceptors (Lipinski definition) is 2. The lowest BCUT2D eigenvalue weighted by Crippen LogP contribution is -1.70. The fourth-order valence-electron chi connectivity index (χ4n) is 1.07. The molecule has 1 heterocycles. The summed E-state index contributed by atoms with van der Waals surface area (Å²) >= 11 is 4.71. The molecule has 0 aliphatic carbocycles. The fraction of sp³-hybridized carbons (Fsp3) is 0. The van der Waals surface area contributed by atoms with Crippen LogP contribution in [0.25, 0.3) is 10.1 Å². The molecule has 2 rings (SSSR count). The molecule has 0 atom stereocenters. The Labute approximate surface area is 83.8 Å². The van der Waals surface area contributed by atoms with Crippen LogP contribution in [0, 0.1) is 11.3 Å². The minimum Gasteiger partial charge on any atom is -0.192 e. The van der Waals surface area contributed by atoms with Gasteiger partial charge in [0.25, 0.3) is 0 Å². The molecule has 0 N–H and O–H groups in total. The summed E-state index contributed by atoms with van der Waals surface area (Å²) in [7, 11) is 0. The predicted molar refractivity (Wildman–Crippen MR) is 54.2 cm³/mol. The van der Waals surface area contributed by atoms with Crippen molar-refractivity contribution in [3.05, 3.63) is 33.6 Å². The minimum absolute atomic E-state index is 0.337. The zero-order valence-electron chi connectivity index (χ0n) is 6.97. The third-order valence-electron chi connectivity index (χ3n) is 1.60. The van der Waals surface area contributed by atoms with E-state index in [1.807, 2.05) is 18.2 Å². The number of halogens is 1. The van der Waals surface area contributed by atoms with E-state index in [9.17, 15) is 0 Å². The lowest BCUT2D eigenvalue weighted by atomic mass is 10.2. The van der Waals surface area contributed by atoms with E-state index in [0.29, 0.717) is 10.9 Å². The minimum atomic E-state index is 0.337. The van der Waals surface area contributed by atoms with Gasteiger partial charge in [0.15, 0.2) is 0 Å². The Hall–Kier alpha value is -0.850. The number of hydrogen-bond donors (Lipinski definition) is 0. The average molecular weight is 239 g/mol. The highest BCUT2D eigenvalue weighted by Crippen LogP contribution is 2.31. The maximum atomic E-state index is 8.85. The van der Waals surface area contributed by atoms with Crippen molar-refractivity contribution >= 4 is 37.4 Å². The van der Waals surface area contributed by atoms with E-state index in [0.717, 1.165) is 14.6 Å². The molecule has 2 aromatic rings. The second-order valence-corrected chi connectivity index (χ2v) is 4.01. The Morgan fingerprint density at radius 1 is 1.58 bits per heavy atom. The number of fused-ring (bicyclic) bond motifs is 1. The molecule has 0 radical (unpaired) electrons. The van der Waals surface area contributed by atoms with E-state index >= 15 is 0 Å². The molecular formula is C9H4BrNS. The summed E-state index contributed by atoms with van der Waals surface area (Å²) in [6, 6.07) is 7.76. The van der Waals surface area contributed by atoms with Gasteiger partial charge in [-0.15, -0.1) is 11.3 Å². The van der Waals surface area contributed by atoms with Crippen LogP contribution in [0.1, 0.15) is 6.93 Å². The smallest absolute Gasteiger partial charge is 0.101 e. The molecule has 0 aliphatic heterocycles. The first-order valence-electron chi connectivity index (χ1n) is 3.81. The standard InChI is InChI=1S/C9H4BrNS/c10-7-2-1-3-8-9(7)6(4-11)5-12-8/h1-3,5H/i5D. The zero-order chi connectivity index (χ0) is 9.42. The lowest BCUT2D eigenvalue weighted by Gasteiger charge is -1.92. The van der Waals surface area contributed by atoms with E-state index in [4.69, 9.17) is 6.63 Å². The average Bonchev–Trinajstić information content (AvgIpc) is 2.42. The van der Waals surface area contributed by atoms with Crippen LogP contribution in [0.15, 0.2) is 28.0 Å². The molecule has 0 saturated heterocycles. The first-order chi connectivity index (χ1) is 6.24.